The Bertz CT molecular complexity index is 1390. The number of nitrogens with zero attached hydrogens (tertiary/aromatic N) is 3. The maximum absolute atomic E-state index is 14.7. The third-order valence-electron chi connectivity index (χ3n) is 4.29. The lowest BCUT2D eigenvalue weighted by molar-refractivity contribution is -0.279. The van der Waals surface area contributed by atoms with E-state index in [0.717, 1.165) is 19.2 Å². The SMILES string of the molecule is C=C(OOCC)Oc1ncccc1Oc1cc(-n2c(=O)cc(C(F)(F)F)n(C)c2=O)c(F)cc1Cl. The van der Waals surface area contributed by atoms with Crippen LogP contribution in [0, 0.1) is 5.82 Å². The summed E-state index contributed by atoms with van der Waals surface area (Å²) < 4.78 is 65.4. The minimum atomic E-state index is -4.98. The summed E-state index contributed by atoms with van der Waals surface area (Å²) in [6, 6.07) is 4.62. The van der Waals surface area contributed by atoms with Crippen LogP contribution in [-0.4, -0.2) is 20.7 Å². The van der Waals surface area contributed by atoms with E-state index in [4.69, 9.17) is 30.8 Å². The molecule has 0 spiro atoms. The van der Waals surface area contributed by atoms with Crippen molar-refractivity contribution in [2.45, 2.75) is 13.1 Å². The molecule has 0 saturated carbocycles. The molecule has 0 N–H and O–H groups in total. The minimum Gasteiger partial charge on any atom is -0.450 e. The van der Waals surface area contributed by atoms with E-state index in [1.54, 1.807) is 6.92 Å². The molecule has 2 heterocycles. The molecule has 3 aromatic rings. The van der Waals surface area contributed by atoms with Gasteiger partial charge in [-0.15, -0.1) is 0 Å². The maximum atomic E-state index is 14.7. The molecule has 35 heavy (non-hydrogen) atoms. The number of hydrogen-bond donors (Lipinski definition) is 0. The van der Waals surface area contributed by atoms with E-state index >= 15 is 0 Å². The van der Waals surface area contributed by atoms with Crippen molar-refractivity contribution in [2.75, 3.05) is 6.61 Å². The molecular formula is C21H16ClF4N3O6. The number of rotatable bonds is 8. The Morgan fingerprint density at radius 2 is 1.91 bits per heavy atom. The average Bonchev–Trinajstić information content (AvgIpc) is 2.78. The summed E-state index contributed by atoms with van der Waals surface area (Å²) in [7, 11) is 0.794. The second-order valence-corrected chi connectivity index (χ2v) is 7.06. The van der Waals surface area contributed by atoms with Crippen LogP contribution in [0.5, 0.6) is 17.4 Å². The van der Waals surface area contributed by atoms with E-state index in [9.17, 15) is 27.2 Å². The van der Waals surface area contributed by atoms with Crippen LogP contribution >= 0.6 is 11.6 Å². The Morgan fingerprint density at radius 1 is 1.20 bits per heavy atom. The Morgan fingerprint density at radius 3 is 2.57 bits per heavy atom. The summed E-state index contributed by atoms with van der Waals surface area (Å²) in [5.74, 6) is -1.96. The van der Waals surface area contributed by atoms with Crippen molar-refractivity contribution >= 4 is 11.6 Å². The lowest BCUT2D eigenvalue weighted by Crippen LogP contribution is -2.41. The molecule has 0 aliphatic rings. The zero-order valence-electron chi connectivity index (χ0n) is 18.1. The van der Waals surface area contributed by atoms with Crippen LogP contribution in [0.2, 0.25) is 5.02 Å². The highest BCUT2D eigenvalue weighted by Crippen LogP contribution is 2.36. The van der Waals surface area contributed by atoms with Gasteiger partial charge in [-0.1, -0.05) is 11.6 Å². The Labute approximate surface area is 199 Å². The van der Waals surface area contributed by atoms with E-state index in [1.807, 2.05) is 0 Å². The molecule has 0 atom stereocenters. The fourth-order valence-corrected chi connectivity index (χ4v) is 2.97. The lowest BCUT2D eigenvalue weighted by Gasteiger charge is -2.16. The summed E-state index contributed by atoms with van der Waals surface area (Å²) in [4.78, 5) is 38.3. The molecule has 186 valence electrons. The van der Waals surface area contributed by atoms with Crippen molar-refractivity contribution in [1.29, 1.82) is 0 Å². The van der Waals surface area contributed by atoms with Gasteiger partial charge in [0.15, 0.2) is 5.75 Å². The number of benzene rings is 1. The third kappa shape index (κ3) is 5.63. The Balaban J connectivity index is 2.06. The first kappa shape index (κ1) is 25.8. The van der Waals surface area contributed by atoms with Crippen molar-refractivity contribution in [1.82, 2.24) is 14.1 Å². The fourth-order valence-electron chi connectivity index (χ4n) is 2.79. The Kier molecular flexibility index (Phi) is 7.51. The van der Waals surface area contributed by atoms with Gasteiger partial charge in [-0.2, -0.15) is 18.1 Å². The van der Waals surface area contributed by atoms with Gasteiger partial charge in [0.2, 0.25) is 0 Å². The molecule has 2 aromatic heterocycles. The van der Waals surface area contributed by atoms with Crippen LogP contribution < -0.4 is 20.7 Å². The van der Waals surface area contributed by atoms with Crippen LogP contribution in [0.3, 0.4) is 0 Å². The quantitative estimate of drug-likeness (QED) is 0.190. The van der Waals surface area contributed by atoms with Crippen LogP contribution in [-0.2, 0) is 23.0 Å². The zero-order chi connectivity index (χ0) is 25.9. The van der Waals surface area contributed by atoms with E-state index in [0.29, 0.717) is 0 Å². The largest absolute Gasteiger partial charge is 0.450 e. The van der Waals surface area contributed by atoms with Crippen LogP contribution in [0.4, 0.5) is 17.6 Å². The minimum absolute atomic E-state index is 0.0686. The number of aromatic nitrogens is 3. The maximum Gasteiger partial charge on any atom is 0.431 e. The topological polar surface area (TPSA) is 93.8 Å². The van der Waals surface area contributed by atoms with Crippen molar-refractivity contribution in [3.8, 4) is 23.1 Å². The molecule has 0 unspecified atom stereocenters. The first-order chi connectivity index (χ1) is 16.4. The van der Waals surface area contributed by atoms with E-state index < -0.39 is 34.6 Å². The van der Waals surface area contributed by atoms with Crippen molar-refractivity contribution in [2.24, 2.45) is 7.05 Å². The van der Waals surface area contributed by atoms with Gasteiger partial charge in [0.05, 0.1) is 17.3 Å². The van der Waals surface area contributed by atoms with Crippen molar-refractivity contribution in [3.63, 3.8) is 0 Å². The molecule has 14 heteroatoms. The average molecular weight is 518 g/mol. The predicted molar refractivity (Wildman–Crippen MR) is 114 cm³/mol. The first-order valence-corrected chi connectivity index (χ1v) is 10.0. The number of pyridine rings is 1. The van der Waals surface area contributed by atoms with Gasteiger partial charge in [0, 0.05) is 25.4 Å². The van der Waals surface area contributed by atoms with Crippen molar-refractivity contribution in [3.05, 3.63) is 86.4 Å². The molecule has 0 saturated heterocycles. The number of ether oxygens (including phenoxy) is 2. The Hall–Kier alpha value is -3.84. The van der Waals surface area contributed by atoms with Gasteiger partial charge < -0.3 is 9.47 Å². The molecule has 9 nitrogen and oxygen atoms in total. The predicted octanol–water partition coefficient (Wildman–Crippen LogP) is 4.35. The van der Waals surface area contributed by atoms with Gasteiger partial charge in [-0.05, 0) is 31.7 Å². The highest BCUT2D eigenvalue weighted by atomic mass is 35.5. The molecule has 3 rings (SSSR count). The fraction of sp³-hybridized carbons (Fsp3) is 0.190. The van der Waals surface area contributed by atoms with Gasteiger partial charge >= 0.3 is 17.8 Å². The second-order valence-electron chi connectivity index (χ2n) is 6.65. The van der Waals surface area contributed by atoms with Gasteiger partial charge in [-0.3, -0.25) is 14.2 Å². The first-order valence-electron chi connectivity index (χ1n) is 9.62. The number of alkyl halides is 3. The molecule has 0 amide bonds. The molecule has 0 bridgehead atoms. The molecule has 0 aliphatic carbocycles. The van der Waals surface area contributed by atoms with Crippen molar-refractivity contribution < 1.29 is 36.8 Å². The van der Waals surface area contributed by atoms with E-state index in [1.165, 1.54) is 18.3 Å². The van der Waals surface area contributed by atoms with E-state index in [-0.39, 0.29) is 50.2 Å². The van der Waals surface area contributed by atoms with Gasteiger partial charge in [0.25, 0.3) is 11.4 Å². The smallest absolute Gasteiger partial charge is 0.431 e. The molecule has 1 aromatic carbocycles. The summed E-state index contributed by atoms with van der Waals surface area (Å²) in [5.41, 5.74) is -5.05. The standard InChI is InChI=1S/C21H16ClF4N3O6/c1-4-32-35-11(2)33-19-15(6-5-7-27-19)34-16-9-14(13(23)8-12(16)22)29-18(30)10-17(21(24,25)26)28(3)20(29)31/h5-10H,2,4H2,1,3H3. The summed E-state index contributed by atoms with van der Waals surface area (Å²) in [5, 5.41) is -0.290. The summed E-state index contributed by atoms with van der Waals surface area (Å²) in [6.45, 7) is 5.33. The number of hydrogen-bond acceptors (Lipinski definition) is 7. The monoisotopic (exact) mass is 517 g/mol. The summed E-state index contributed by atoms with van der Waals surface area (Å²) in [6.07, 6.45) is -3.63. The van der Waals surface area contributed by atoms with Gasteiger partial charge in [0.1, 0.15) is 17.3 Å². The van der Waals surface area contributed by atoms with Crippen LogP contribution in [0.15, 0.2) is 58.6 Å². The van der Waals surface area contributed by atoms with E-state index in [2.05, 4.69) is 11.6 Å². The highest BCUT2D eigenvalue weighted by molar-refractivity contribution is 6.32. The lowest BCUT2D eigenvalue weighted by atomic mass is 10.2. The molecule has 0 aliphatic heterocycles. The normalized spacial score (nSPS) is 11.3. The molecule has 0 radical (unpaired) electrons. The zero-order valence-corrected chi connectivity index (χ0v) is 18.8. The van der Waals surface area contributed by atoms with Gasteiger partial charge in [-0.25, -0.2) is 18.7 Å². The van der Waals surface area contributed by atoms with Crippen LogP contribution in [0.25, 0.3) is 5.69 Å². The summed E-state index contributed by atoms with van der Waals surface area (Å²) >= 11 is 6.05. The third-order valence-corrected chi connectivity index (χ3v) is 4.58. The highest BCUT2D eigenvalue weighted by Gasteiger charge is 2.35. The van der Waals surface area contributed by atoms with Crippen LogP contribution in [0.1, 0.15) is 12.6 Å². The molecular weight excluding hydrogens is 502 g/mol. The second kappa shape index (κ2) is 10.2. The molecule has 0 fully saturated rings. The number of halogens is 5.